The van der Waals surface area contributed by atoms with Gasteiger partial charge in [-0.05, 0) is 23.6 Å². The van der Waals surface area contributed by atoms with Crippen molar-refractivity contribution in [2.45, 2.75) is 13.0 Å². The summed E-state index contributed by atoms with van der Waals surface area (Å²) in [4.78, 5) is 13.8. The molecule has 0 saturated heterocycles. The Bertz CT molecular complexity index is 462. The summed E-state index contributed by atoms with van der Waals surface area (Å²) in [7, 11) is 3.74. The fourth-order valence-electron chi connectivity index (χ4n) is 2.41. The molecule has 1 aliphatic rings. The zero-order chi connectivity index (χ0) is 14.4. The standard InChI is InChI=1S/C15H23N3O2/c1-18-7-5-13-9-12(3-4-14(13)18)10-16-11-15(19)17-6-8-20-2/h3-4,9,16H,5-8,10-11H2,1-2H3,(H,17,19). The van der Waals surface area contributed by atoms with E-state index in [2.05, 4.69) is 40.8 Å². The number of likely N-dealkylation sites (N-methyl/N-ethyl adjacent to an activating group) is 1. The molecule has 0 unspecified atom stereocenters. The normalized spacial score (nSPS) is 13.4. The summed E-state index contributed by atoms with van der Waals surface area (Å²) in [5.41, 5.74) is 3.95. The number of methoxy groups -OCH3 is 1. The average molecular weight is 277 g/mol. The number of ether oxygens (including phenoxy) is 1. The molecule has 1 aromatic carbocycles. The molecule has 2 N–H and O–H groups in total. The number of hydrogen-bond donors (Lipinski definition) is 2. The van der Waals surface area contributed by atoms with Gasteiger partial charge in [0.15, 0.2) is 0 Å². The van der Waals surface area contributed by atoms with E-state index in [0.717, 1.165) is 13.0 Å². The Labute approximate surface area is 120 Å². The Kier molecular flexibility index (Phi) is 5.38. The van der Waals surface area contributed by atoms with Crippen LogP contribution < -0.4 is 15.5 Å². The zero-order valence-corrected chi connectivity index (χ0v) is 12.2. The maximum atomic E-state index is 11.5. The van der Waals surface area contributed by atoms with Crippen LogP contribution in [0.15, 0.2) is 18.2 Å². The van der Waals surface area contributed by atoms with E-state index in [9.17, 15) is 4.79 Å². The third kappa shape index (κ3) is 3.95. The Morgan fingerprint density at radius 1 is 1.45 bits per heavy atom. The zero-order valence-electron chi connectivity index (χ0n) is 12.2. The molecular weight excluding hydrogens is 254 g/mol. The maximum Gasteiger partial charge on any atom is 0.234 e. The molecule has 5 nitrogen and oxygen atoms in total. The minimum atomic E-state index is 0.00273. The van der Waals surface area contributed by atoms with Gasteiger partial charge in [-0.15, -0.1) is 0 Å². The topological polar surface area (TPSA) is 53.6 Å². The molecule has 0 bridgehead atoms. The number of benzene rings is 1. The molecule has 110 valence electrons. The molecule has 1 aromatic rings. The van der Waals surface area contributed by atoms with Crippen LogP contribution in [0.1, 0.15) is 11.1 Å². The molecule has 5 heteroatoms. The van der Waals surface area contributed by atoms with E-state index in [1.54, 1.807) is 7.11 Å². The number of nitrogens with one attached hydrogen (secondary N) is 2. The largest absolute Gasteiger partial charge is 0.383 e. The smallest absolute Gasteiger partial charge is 0.234 e. The lowest BCUT2D eigenvalue weighted by Crippen LogP contribution is -2.35. The van der Waals surface area contributed by atoms with Gasteiger partial charge in [-0.3, -0.25) is 4.79 Å². The summed E-state index contributed by atoms with van der Waals surface area (Å²) in [6.45, 7) is 3.25. The highest BCUT2D eigenvalue weighted by molar-refractivity contribution is 5.77. The molecule has 1 aliphatic heterocycles. The number of anilines is 1. The molecule has 1 amide bonds. The van der Waals surface area contributed by atoms with Crippen LogP contribution in [0.4, 0.5) is 5.69 Å². The summed E-state index contributed by atoms with van der Waals surface area (Å²) in [6, 6.07) is 6.52. The van der Waals surface area contributed by atoms with Crippen molar-refractivity contribution in [3.63, 3.8) is 0 Å². The summed E-state index contributed by atoms with van der Waals surface area (Å²) >= 11 is 0. The van der Waals surface area contributed by atoms with E-state index >= 15 is 0 Å². The highest BCUT2D eigenvalue weighted by Gasteiger charge is 2.15. The molecule has 1 heterocycles. The lowest BCUT2D eigenvalue weighted by atomic mass is 10.1. The van der Waals surface area contributed by atoms with Gasteiger partial charge in [-0.25, -0.2) is 0 Å². The molecule has 2 rings (SSSR count). The number of rotatable bonds is 7. The van der Waals surface area contributed by atoms with Crippen molar-refractivity contribution in [3.05, 3.63) is 29.3 Å². The van der Waals surface area contributed by atoms with Gasteiger partial charge in [0.1, 0.15) is 0 Å². The predicted molar refractivity (Wildman–Crippen MR) is 80.0 cm³/mol. The molecule has 0 saturated carbocycles. The van der Waals surface area contributed by atoms with Gasteiger partial charge in [-0.1, -0.05) is 12.1 Å². The molecule has 0 atom stereocenters. The van der Waals surface area contributed by atoms with E-state index in [4.69, 9.17) is 4.74 Å². The van der Waals surface area contributed by atoms with Crippen LogP contribution in [0.5, 0.6) is 0 Å². The van der Waals surface area contributed by atoms with Crippen LogP contribution in [0.2, 0.25) is 0 Å². The van der Waals surface area contributed by atoms with Gasteiger partial charge in [0.05, 0.1) is 13.2 Å². The Balaban J connectivity index is 1.73. The number of hydrogen-bond acceptors (Lipinski definition) is 4. The van der Waals surface area contributed by atoms with Crippen molar-refractivity contribution in [3.8, 4) is 0 Å². The van der Waals surface area contributed by atoms with Crippen LogP contribution in [-0.4, -0.2) is 46.3 Å². The van der Waals surface area contributed by atoms with E-state index in [0.29, 0.717) is 26.2 Å². The number of carbonyl (C=O) groups excluding carboxylic acids is 1. The van der Waals surface area contributed by atoms with E-state index in [1.807, 2.05) is 0 Å². The van der Waals surface area contributed by atoms with Crippen LogP contribution >= 0.6 is 0 Å². The first-order valence-corrected chi connectivity index (χ1v) is 7.00. The maximum absolute atomic E-state index is 11.5. The lowest BCUT2D eigenvalue weighted by molar-refractivity contribution is -0.120. The molecule has 0 radical (unpaired) electrons. The third-order valence-electron chi connectivity index (χ3n) is 3.51. The summed E-state index contributed by atoms with van der Waals surface area (Å²) < 4.78 is 4.88. The van der Waals surface area contributed by atoms with Crippen molar-refractivity contribution in [2.24, 2.45) is 0 Å². The quantitative estimate of drug-likeness (QED) is 0.714. The van der Waals surface area contributed by atoms with Crippen LogP contribution in [0.25, 0.3) is 0 Å². The monoisotopic (exact) mass is 277 g/mol. The highest BCUT2D eigenvalue weighted by Crippen LogP contribution is 2.27. The molecule has 0 aliphatic carbocycles. The summed E-state index contributed by atoms with van der Waals surface area (Å²) in [5, 5.41) is 5.95. The fourth-order valence-corrected chi connectivity index (χ4v) is 2.41. The SMILES string of the molecule is COCCNC(=O)CNCc1ccc2c(c1)CCN2C. The van der Waals surface area contributed by atoms with Gasteiger partial charge in [0, 0.05) is 39.5 Å². The van der Waals surface area contributed by atoms with Crippen molar-refractivity contribution in [1.82, 2.24) is 10.6 Å². The predicted octanol–water partition coefficient (Wildman–Crippen LogP) is 0.531. The van der Waals surface area contributed by atoms with Crippen molar-refractivity contribution >= 4 is 11.6 Å². The molecular formula is C15H23N3O2. The first kappa shape index (κ1) is 14.8. The van der Waals surface area contributed by atoms with Crippen molar-refractivity contribution in [1.29, 1.82) is 0 Å². The summed E-state index contributed by atoms with van der Waals surface area (Å²) in [6.07, 6.45) is 1.11. The van der Waals surface area contributed by atoms with Gasteiger partial charge in [0.2, 0.25) is 5.91 Å². The van der Waals surface area contributed by atoms with Gasteiger partial charge in [-0.2, -0.15) is 0 Å². The number of nitrogens with zero attached hydrogens (tertiary/aromatic N) is 1. The van der Waals surface area contributed by atoms with Gasteiger partial charge in [0.25, 0.3) is 0 Å². The van der Waals surface area contributed by atoms with E-state index in [1.165, 1.54) is 16.8 Å². The van der Waals surface area contributed by atoms with Crippen LogP contribution in [0, 0.1) is 0 Å². The van der Waals surface area contributed by atoms with E-state index < -0.39 is 0 Å². The lowest BCUT2D eigenvalue weighted by Gasteiger charge is -2.12. The van der Waals surface area contributed by atoms with Crippen molar-refractivity contribution in [2.75, 3.05) is 45.3 Å². The Hall–Kier alpha value is -1.59. The van der Waals surface area contributed by atoms with Crippen molar-refractivity contribution < 1.29 is 9.53 Å². The molecule has 0 fully saturated rings. The first-order valence-electron chi connectivity index (χ1n) is 7.00. The Morgan fingerprint density at radius 3 is 3.10 bits per heavy atom. The Morgan fingerprint density at radius 2 is 2.30 bits per heavy atom. The average Bonchev–Trinajstić information content (AvgIpc) is 2.80. The fraction of sp³-hybridized carbons (Fsp3) is 0.533. The summed E-state index contributed by atoms with van der Waals surface area (Å²) in [5.74, 6) is 0.00273. The van der Waals surface area contributed by atoms with Gasteiger partial charge >= 0.3 is 0 Å². The minimum Gasteiger partial charge on any atom is -0.383 e. The highest BCUT2D eigenvalue weighted by atomic mass is 16.5. The number of carbonyl (C=O) groups is 1. The number of fused-ring (bicyclic) bond motifs is 1. The minimum absolute atomic E-state index is 0.00273. The molecule has 0 aromatic heterocycles. The third-order valence-corrected chi connectivity index (χ3v) is 3.51. The molecule has 0 spiro atoms. The van der Waals surface area contributed by atoms with Crippen LogP contribution in [0.3, 0.4) is 0 Å². The van der Waals surface area contributed by atoms with Gasteiger partial charge < -0.3 is 20.3 Å². The first-order chi connectivity index (χ1) is 9.70. The van der Waals surface area contributed by atoms with E-state index in [-0.39, 0.29) is 5.91 Å². The van der Waals surface area contributed by atoms with Crippen LogP contribution in [-0.2, 0) is 22.5 Å². The second-order valence-electron chi connectivity index (χ2n) is 5.08. The number of amides is 1. The second kappa shape index (κ2) is 7.26. The molecule has 20 heavy (non-hydrogen) atoms. The second-order valence-corrected chi connectivity index (χ2v) is 5.08.